The van der Waals surface area contributed by atoms with Crippen molar-refractivity contribution >= 4 is 21.4 Å². The van der Waals surface area contributed by atoms with Gasteiger partial charge in [0.15, 0.2) is 0 Å². The number of allylic oxidation sites excluding steroid dienone is 2. The van der Waals surface area contributed by atoms with Gasteiger partial charge < -0.3 is 10.3 Å². The highest BCUT2D eigenvalue weighted by molar-refractivity contribution is 7.88. The molecule has 3 saturated carbocycles. The van der Waals surface area contributed by atoms with Gasteiger partial charge in [-0.15, -0.1) is 0 Å². The van der Waals surface area contributed by atoms with Gasteiger partial charge in [0.1, 0.15) is 11.4 Å². The molecule has 0 amide bonds. The maximum Gasteiger partial charge on any atom is 0.244 e. The number of hydrogen-bond donors (Lipinski definition) is 3. The van der Waals surface area contributed by atoms with Gasteiger partial charge in [0.25, 0.3) is 0 Å². The SMILES string of the molecule is C[C@@H]1CC2=CC(=NNS(C)(=O)=O)C(=NO)C[C@]2(C)[C@H]2CC[C@@]3(C)[C@@H](CC[C@]3(C)O)[C@H]12. The van der Waals surface area contributed by atoms with E-state index >= 15 is 0 Å². The lowest BCUT2D eigenvalue weighted by Crippen LogP contribution is -2.56. The fourth-order valence-electron chi connectivity index (χ4n) is 7.40. The summed E-state index contributed by atoms with van der Waals surface area (Å²) < 4.78 is 23.0. The second-order valence-corrected chi connectivity index (χ2v) is 12.6. The summed E-state index contributed by atoms with van der Waals surface area (Å²) in [6, 6.07) is 0. The van der Waals surface area contributed by atoms with Crippen LogP contribution in [-0.4, -0.2) is 42.0 Å². The predicted octanol–water partition coefficient (Wildman–Crippen LogP) is 3.29. The van der Waals surface area contributed by atoms with Gasteiger partial charge in [-0.25, -0.2) is 13.2 Å². The second kappa shape index (κ2) is 6.79. The summed E-state index contributed by atoms with van der Waals surface area (Å²) in [6.45, 7) is 8.88. The number of nitrogens with zero attached hydrogens (tertiary/aromatic N) is 2. The average Bonchev–Trinajstić information content (AvgIpc) is 2.89. The molecule has 0 unspecified atom stereocenters. The monoisotopic (exact) mass is 437 g/mol. The topological polar surface area (TPSA) is 111 Å². The Labute approximate surface area is 179 Å². The van der Waals surface area contributed by atoms with E-state index in [0.29, 0.717) is 41.5 Å². The van der Waals surface area contributed by atoms with Gasteiger partial charge in [0.05, 0.1) is 11.9 Å². The van der Waals surface area contributed by atoms with Crippen molar-refractivity contribution in [2.75, 3.05) is 6.26 Å². The smallest absolute Gasteiger partial charge is 0.244 e. The third-order valence-corrected chi connectivity index (χ3v) is 9.66. The number of sulfonamides is 1. The van der Waals surface area contributed by atoms with E-state index < -0.39 is 15.6 Å². The number of rotatable bonds is 2. The summed E-state index contributed by atoms with van der Waals surface area (Å²) in [6.07, 6.45) is 8.42. The lowest BCUT2D eigenvalue weighted by molar-refractivity contribution is -0.126. The molecule has 4 aliphatic rings. The molecule has 3 fully saturated rings. The molecule has 168 valence electrons. The lowest BCUT2D eigenvalue weighted by Gasteiger charge is -2.60. The minimum Gasteiger partial charge on any atom is -0.411 e. The Morgan fingerprint density at radius 1 is 1.17 bits per heavy atom. The van der Waals surface area contributed by atoms with Crippen LogP contribution >= 0.6 is 0 Å². The third kappa shape index (κ3) is 3.13. The molecule has 3 N–H and O–H groups in total. The summed E-state index contributed by atoms with van der Waals surface area (Å²) in [7, 11) is -3.48. The highest BCUT2D eigenvalue weighted by atomic mass is 32.2. The van der Waals surface area contributed by atoms with E-state index in [1.54, 1.807) is 0 Å². The summed E-state index contributed by atoms with van der Waals surface area (Å²) in [5.74, 6) is 1.94. The van der Waals surface area contributed by atoms with Crippen molar-refractivity contribution < 1.29 is 18.7 Å². The van der Waals surface area contributed by atoms with E-state index in [1.807, 2.05) is 13.0 Å². The molecular formula is C22H35N3O4S. The maximum absolute atomic E-state index is 11.5. The number of hydrogen-bond acceptors (Lipinski definition) is 6. The van der Waals surface area contributed by atoms with E-state index in [0.717, 1.165) is 38.4 Å². The maximum atomic E-state index is 11.5. The molecule has 0 aliphatic heterocycles. The minimum absolute atomic E-state index is 0.0470. The molecule has 0 saturated heterocycles. The average molecular weight is 438 g/mol. The first-order valence-corrected chi connectivity index (χ1v) is 12.9. The molecule has 0 aromatic heterocycles. The first-order valence-electron chi connectivity index (χ1n) is 11.0. The predicted molar refractivity (Wildman–Crippen MR) is 117 cm³/mol. The van der Waals surface area contributed by atoms with Crippen molar-refractivity contribution in [3.63, 3.8) is 0 Å². The molecule has 4 rings (SSSR count). The van der Waals surface area contributed by atoms with Crippen LogP contribution in [0.25, 0.3) is 0 Å². The molecule has 4 aliphatic carbocycles. The zero-order valence-corrected chi connectivity index (χ0v) is 19.5. The van der Waals surface area contributed by atoms with Gasteiger partial charge >= 0.3 is 0 Å². The molecule has 30 heavy (non-hydrogen) atoms. The summed E-state index contributed by atoms with van der Waals surface area (Å²) in [5.41, 5.74) is 1.29. The number of hydrazone groups is 1. The van der Waals surface area contributed by atoms with Gasteiger partial charge in [0, 0.05) is 6.42 Å². The Balaban J connectivity index is 1.73. The molecule has 0 aromatic carbocycles. The van der Waals surface area contributed by atoms with Crippen LogP contribution in [-0.2, 0) is 10.0 Å². The van der Waals surface area contributed by atoms with Gasteiger partial charge in [-0.2, -0.15) is 5.10 Å². The Morgan fingerprint density at radius 2 is 1.83 bits per heavy atom. The highest BCUT2D eigenvalue weighted by Crippen LogP contribution is 2.68. The third-order valence-electron chi connectivity index (χ3n) is 9.24. The van der Waals surface area contributed by atoms with Crippen molar-refractivity contribution in [3.8, 4) is 0 Å². The van der Waals surface area contributed by atoms with Crippen LogP contribution in [0.2, 0.25) is 0 Å². The van der Waals surface area contributed by atoms with E-state index in [9.17, 15) is 18.7 Å². The molecule has 0 bridgehead atoms. The Kier molecular flexibility index (Phi) is 4.94. The number of fused-ring (bicyclic) bond motifs is 5. The molecule has 0 heterocycles. The van der Waals surface area contributed by atoms with Crippen LogP contribution in [0.5, 0.6) is 0 Å². The molecule has 0 radical (unpaired) electrons. The summed E-state index contributed by atoms with van der Waals surface area (Å²) in [4.78, 5) is 2.17. The van der Waals surface area contributed by atoms with Crippen LogP contribution in [0, 0.1) is 34.5 Å². The minimum atomic E-state index is -3.48. The summed E-state index contributed by atoms with van der Waals surface area (Å²) in [5, 5.41) is 28.3. The van der Waals surface area contributed by atoms with Crippen LogP contribution < -0.4 is 4.83 Å². The zero-order valence-electron chi connectivity index (χ0n) is 18.6. The Hall–Kier alpha value is -1.41. The van der Waals surface area contributed by atoms with Gasteiger partial charge in [0.2, 0.25) is 10.0 Å². The molecule has 7 atom stereocenters. The second-order valence-electron chi connectivity index (χ2n) is 10.9. The van der Waals surface area contributed by atoms with E-state index in [2.05, 4.69) is 35.9 Å². The standard InChI is InChI=1S/C22H35N3O4S/c1-13-10-14-11-17(23-25-30(5,28)29)18(24-27)12-20(14,2)15-6-8-21(3)16(19(13)15)7-9-22(21,4)26/h11,13,15-16,19,25-27H,6-10,12H2,1-5H3/t13-,15+,16+,19-,20+,21+,22+/m1/s1. The first-order chi connectivity index (χ1) is 13.8. The van der Waals surface area contributed by atoms with E-state index in [1.165, 1.54) is 5.57 Å². The molecule has 0 aromatic rings. The molecule has 0 spiro atoms. The largest absolute Gasteiger partial charge is 0.411 e. The summed E-state index contributed by atoms with van der Waals surface area (Å²) >= 11 is 0. The van der Waals surface area contributed by atoms with Gasteiger partial charge in [-0.1, -0.05) is 31.5 Å². The Bertz CT molecular complexity index is 938. The number of nitrogens with one attached hydrogen (secondary N) is 1. The van der Waals surface area contributed by atoms with Crippen molar-refractivity contribution in [2.24, 2.45) is 44.8 Å². The highest BCUT2D eigenvalue weighted by Gasteiger charge is 2.63. The zero-order chi connectivity index (χ0) is 22.1. The molecule has 8 heteroatoms. The van der Waals surface area contributed by atoms with Crippen molar-refractivity contribution in [1.29, 1.82) is 0 Å². The first kappa shape index (κ1) is 21.8. The van der Waals surface area contributed by atoms with Crippen LogP contribution in [0.15, 0.2) is 21.9 Å². The quantitative estimate of drug-likeness (QED) is 0.455. The van der Waals surface area contributed by atoms with E-state index in [4.69, 9.17) is 0 Å². The van der Waals surface area contributed by atoms with Crippen molar-refractivity contribution in [3.05, 3.63) is 11.6 Å². The fourth-order valence-corrected chi connectivity index (χ4v) is 7.67. The van der Waals surface area contributed by atoms with Crippen molar-refractivity contribution in [1.82, 2.24) is 4.83 Å². The molecule has 7 nitrogen and oxygen atoms in total. The lowest BCUT2D eigenvalue weighted by atomic mass is 9.44. The van der Waals surface area contributed by atoms with E-state index in [-0.39, 0.29) is 10.8 Å². The van der Waals surface area contributed by atoms with Crippen molar-refractivity contribution in [2.45, 2.75) is 71.8 Å². The normalized spacial score (nSPS) is 48.7. The van der Waals surface area contributed by atoms with Crippen LogP contribution in [0.3, 0.4) is 0 Å². The fraction of sp³-hybridized carbons (Fsp3) is 0.818. The van der Waals surface area contributed by atoms with Crippen LogP contribution in [0.1, 0.15) is 66.2 Å². The number of aliphatic hydroxyl groups is 1. The Morgan fingerprint density at radius 3 is 2.47 bits per heavy atom. The van der Waals surface area contributed by atoms with Crippen LogP contribution in [0.4, 0.5) is 0 Å². The van der Waals surface area contributed by atoms with Gasteiger partial charge in [-0.05, 0) is 79.6 Å². The number of oxime groups is 1. The molecular weight excluding hydrogens is 402 g/mol. The van der Waals surface area contributed by atoms with Gasteiger partial charge in [-0.3, -0.25) is 0 Å².